The van der Waals surface area contributed by atoms with Crippen LogP contribution >= 0.6 is 0 Å². The molecule has 2 saturated heterocycles. The van der Waals surface area contributed by atoms with Crippen LogP contribution in [-0.4, -0.2) is 74.5 Å². The van der Waals surface area contributed by atoms with E-state index in [0.717, 1.165) is 51.0 Å². The second-order valence-electron chi connectivity index (χ2n) is 11.5. The molecule has 2 aliphatic heterocycles. The maximum atomic E-state index is 13.3. The number of likely N-dealkylation sites (tertiary alicyclic amines) is 2. The van der Waals surface area contributed by atoms with E-state index in [1.165, 1.54) is 25.0 Å². The Morgan fingerprint density at radius 3 is 2.53 bits per heavy atom. The number of hydrogen-bond acceptors (Lipinski definition) is 6. The summed E-state index contributed by atoms with van der Waals surface area (Å²) in [6.45, 7) is 6.55. The predicted octanol–water partition coefficient (Wildman–Crippen LogP) is 5.45. The summed E-state index contributed by atoms with van der Waals surface area (Å²) < 4.78 is 48.4. The van der Waals surface area contributed by atoms with Gasteiger partial charge in [0.2, 0.25) is 11.9 Å². The lowest BCUT2D eigenvalue weighted by molar-refractivity contribution is -0.141. The molecule has 1 aromatic carbocycles. The smallest absolute Gasteiger partial charge is 0.433 e. The third-order valence-electron chi connectivity index (χ3n) is 8.54. The van der Waals surface area contributed by atoms with Gasteiger partial charge in [-0.15, -0.1) is 0 Å². The van der Waals surface area contributed by atoms with Crippen LogP contribution in [0, 0.1) is 0 Å². The maximum Gasteiger partial charge on any atom is 0.433 e. The lowest BCUT2D eigenvalue weighted by atomic mass is 10.1. The average molecular weight is 597 g/mol. The van der Waals surface area contributed by atoms with Crippen molar-refractivity contribution in [3.8, 4) is 5.75 Å². The summed E-state index contributed by atoms with van der Waals surface area (Å²) in [5.41, 5.74) is -0.0747. The van der Waals surface area contributed by atoms with Crippen LogP contribution < -0.4 is 10.1 Å². The quantitative estimate of drug-likeness (QED) is 0.365. The number of piperidine rings is 1. The fourth-order valence-corrected chi connectivity index (χ4v) is 6.19. The first kappa shape index (κ1) is 29.2. The van der Waals surface area contributed by atoms with Gasteiger partial charge in [-0.05, 0) is 75.3 Å². The number of halogens is 3. The normalized spacial score (nSPS) is 20.5. The molecule has 4 heterocycles. The second-order valence-corrected chi connectivity index (χ2v) is 11.5. The first-order valence-corrected chi connectivity index (χ1v) is 14.9. The molecule has 1 N–H and O–H groups in total. The Kier molecular flexibility index (Phi) is 8.13. The van der Waals surface area contributed by atoms with E-state index < -0.39 is 17.8 Å². The van der Waals surface area contributed by atoms with Crippen LogP contribution in [0.15, 0.2) is 49.2 Å². The Hall–Kier alpha value is -3.93. The van der Waals surface area contributed by atoms with Gasteiger partial charge in [-0.25, -0.2) is 4.98 Å². The van der Waals surface area contributed by atoms with Crippen molar-refractivity contribution >= 4 is 28.8 Å². The molecule has 0 radical (unpaired) electrons. The van der Waals surface area contributed by atoms with Crippen molar-refractivity contribution in [2.24, 2.45) is 0 Å². The van der Waals surface area contributed by atoms with Crippen molar-refractivity contribution in [2.45, 2.75) is 69.3 Å². The van der Waals surface area contributed by atoms with E-state index in [1.807, 2.05) is 22.8 Å². The molecule has 228 valence electrons. The highest BCUT2D eigenvalue weighted by atomic mass is 19.4. The number of anilines is 1. The van der Waals surface area contributed by atoms with Gasteiger partial charge < -0.3 is 19.1 Å². The molecule has 43 heavy (non-hydrogen) atoms. The van der Waals surface area contributed by atoms with Crippen LogP contribution in [0.4, 0.5) is 19.1 Å². The van der Waals surface area contributed by atoms with Crippen LogP contribution in [-0.2, 0) is 11.0 Å². The number of alkyl halides is 3. The van der Waals surface area contributed by atoms with Crippen LogP contribution in [0.25, 0.3) is 11.0 Å². The summed E-state index contributed by atoms with van der Waals surface area (Å²) in [7, 11) is 0. The van der Waals surface area contributed by atoms with Gasteiger partial charge in [-0.2, -0.15) is 13.2 Å². The number of imidazole rings is 1. The molecule has 9 nitrogen and oxygen atoms in total. The molecule has 1 saturated carbocycles. The summed E-state index contributed by atoms with van der Waals surface area (Å²) in [6.07, 6.45) is 4.27. The van der Waals surface area contributed by atoms with Gasteiger partial charge in [-0.1, -0.05) is 12.6 Å². The lowest BCUT2D eigenvalue weighted by Crippen LogP contribution is -2.39. The number of nitrogens with zero attached hydrogens (tertiary/aromatic N) is 5. The zero-order valence-corrected chi connectivity index (χ0v) is 23.9. The molecule has 1 unspecified atom stereocenters. The van der Waals surface area contributed by atoms with E-state index in [9.17, 15) is 22.8 Å². The Morgan fingerprint density at radius 1 is 1.02 bits per heavy atom. The van der Waals surface area contributed by atoms with Gasteiger partial charge in [-0.3, -0.25) is 19.9 Å². The highest BCUT2D eigenvalue weighted by Crippen LogP contribution is 2.37. The Bertz CT molecular complexity index is 1510. The van der Waals surface area contributed by atoms with Crippen LogP contribution in [0.3, 0.4) is 0 Å². The van der Waals surface area contributed by atoms with Crippen molar-refractivity contribution < 1.29 is 27.5 Å². The van der Waals surface area contributed by atoms with Gasteiger partial charge in [0.15, 0.2) is 0 Å². The number of para-hydroxylation sites is 1. The first-order valence-electron chi connectivity index (χ1n) is 14.9. The Morgan fingerprint density at radius 2 is 1.81 bits per heavy atom. The number of amides is 2. The van der Waals surface area contributed by atoms with Crippen LogP contribution in [0.1, 0.15) is 67.0 Å². The fourth-order valence-electron chi connectivity index (χ4n) is 6.19. The van der Waals surface area contributed by atoms with E-state index in [0.29, 0.717) is 42.3 Å². The standard InChI is InChI=1S/C31H35F3N6O3/c1-2-27(41)39-15-4-3-6-22(19-39)40-28-24(7-5-8-25(28)43-23-12-16-38(17-13-23)21-9-10-21)36-30(40)37-29(42)20-11-14-35-26(18-20)31(32,33)34/h2,5,7-8,11,14,18,21-23H,1,3-4,6,9-10,12-13,15-17,19H2,(H,36,37,42). The third kappa shape index (κ3) is 6.39. The molecule has 2 aromatic heterocycles. The number of carbonyl (C=O) groups excluding carboxylic acids is 2. The van der Waals surface area contributed by atoms with Gasteiger partial charge >= 0.3 is 6.18 Å². The zero-order chi connectivity index (χ0) is 30.1. The minimum atomic E-state index is -4.69. The number of rotatable bonds is 7. The number of fused-ring (bicyclic) bond motifs is 1. The predicted molar refractivity (Wildman–Crippen MR) is 155 cm³/mol. The van der Waals surface area contributed by atoms with E-state index in [4.69, 9.17) is 9.72 Å². The molecular weight excluding hydrogens is 561 g/mol. The lowest BCUT2D eigenvalue weighted by Gasteiger charge is -2.32. The van der Waals surface area contributed by atoms with Gasteiger partial charge in [0.05, 0.1) is 11.6 Å². The summed E-state index contributed by atoms with van der Waals surface area (Å²) in [5, 5.41) is 2.76. The molecule has 3 aromatic rings. The third-order valence-corrected chi connectivity index (χ3v) is 8.54. The largest absolute Gasteiger partial charge is 0.488 e. The highest BCUT2D eigenvalue weighted by molar-refractivity contribution is 6.04. The summed E-state index contributed by atoms with van der Waals surface area (Å²) in [4.78, 5) is 38.3. The molecule has 1 aliphatic carbocycles. The minimum absolute atomic E-state index is 0.0209. The molecule has 1 atom stereocenters. The first-order chi connectivity index (χ1) is 20.7. The van der Waals surface area contributed by atoms with Crippen LogP contribution in [0.5, 0.6) is 5.75 Å². The number of benzene rings is 1. The molecule has 6 rings (SSSR count). The molecule has 3 aliphatic rings. The summed E-state index contributed by atoms with van der Waals surface area (Å²) >= 11 is 0. The van der Waals surface area contributed by atoms with Gasteiger partial charge in [0.1, 0.15) is 23.1 Å². The van der Waals surface area contributed by atoms with Crippen molar-refractivity contribution in [3.05, 3.63) is 60.4 Å². The summed E-state index contributed by atoms with van der Waals surface area (Å²) in [5.74, 6) is -0.114. The number of carbonyl (C=O) groups is 2. The van der Waals surface area contributed by atoms with E-state index in [1.54, 1.807) is 4.90 Å². The number of ether oxygens (including phenoxy) is 1. The van der Waals surface area contributed by atoms with Crippen molar-refractivity contribution in [1.29, 1.82) is 0 Å². The average Bonchev–Trinajstić information content (AvgIpc) is 3.82. The molecule has 0 bridgehead atoms. The molecule has 0 spiro atoms. The topological polar surface area (TPSA) is 92.6 Å². The fraction of sp³-hybridized carbons (Fsp3) is 0.484. The Labute approximate surface area is 247 Å². The second kappa shape index (κ2) is 12.0. The van der Waals surface area contributed by atoms with E-state index >= 15 is 0 Å². The monoisotopic (exact) mass is 596 g/mol. The maximum absolute atomic E-state index is 13.3. The minimum Gasteiger partial charge on any atom is -0.488 e. The number of nitrogens with one attached hydrogen (secondary N) is 1. The van der Waals surface area contributed by atoms with Gasteiger partial charge in [0.25, 0.3) is 5.91 Å². The number of aromatic nitrogens is 3. The summed E-state index contributed by atoms with van der Waals surface area (Å²) in [6, 6.07) is 7.96. The van der Waals surface area contributed by atoms with Crippen molar-refractivity contribution in [1.82, 2.24) is 24.3 Å². The molecular formula is C31H35F3N6O3. The van der Waals surface area contributed by atoms with E-state index in [-0.39, 0.29) is 29.6 Å². The molecule has 3 fully saturated rings. The highest BCUT2D eigenvalue weighted by Gasteiger charge is 2.35. The molecule has 12 heteroatoms. The molecule has 2 amide bonds. The van der Waals surface area contributed by atoms with Gasteiger partial charge in [0, 0.05) is 44.0 Å². The Balaban J connectivity index is 1.36. The van der Waals surface area contributed by atoms with Crippen LogP contribution in [0.2, 0.25) is 0 Å². The number of hydrogen-bond donors (Lipinski definition) is 1. The van der Waals surface area contributed by atoms with Crippen molar-refractivity contribution in [3.63, 3.8) is 0 Å². The van der Waals surface area contributed by atoms with E-state index in [2.05, 4.69) is 21.8 Å². The SMILES string of the molecule is C=CC(=O)N1CCCCC(n2c(NC(=O)c3ccnc(C(F)(F)F)c3)nc3cccc(OC4CCN(C5CC5)CC4)c32)C1. The zero-order valence-electron chi connectivity index (χ0n) is 23.9. The number of pyridine rings is 1. The van der Waals surface area contributed by atoms with Crippen molar-refractivity contribution in [2.75, 3.05) is 31.5 Å².